The number of ether oxygens (including phenoxy) is 1. The Morgan fingerprint density at radius 3 is 2.62 bits per heavy atom. The number of aromatic amines is 2. The van der Waals surface area contributed by atoms with Gasteiger partial charge in [-0.05, 0) is 39.7 Å². The monoisotopic (exact) mass is 352 g/mol. The molecule has 1 aliphatic rings. The second kappa shape index (κ2) is 6.12. The van der Waals surface area contributed by atoms with E-state index in [1.807, 2.05) is 20.8 Å². The minimum Gasteiger partial charge on any atom is -0.444 e. The largest absolute Gasteiger partial charge is 0.444 e. The first-order valence-corrected chi connectivity index (χ1v) is 8.37. The SMILES string of the molecule is CC(C)(C)OC(=O)N1CCC(c2nc3[nH]c(=O)[nH]c3cc2Cl)CC1. The van der Waals surface area contributed by atoms with Crippen LogP contribution in [0.2, 0.25) is 5.02 Å². The molecule has 0 atom stereocenters. The van der Waals surface area contributed by atoms with Crippen molar-refractivity contribution in [3.8, 4) is 0 Å². The molecule has 2 aromatic rings. The molecule has 0 aromatic carbocycles. The molecule has 2 aromatic heterocycles. The number of carbonyl (C=O) groups excluding carboxylic acids is 1. The number of fused-ring (bicyclic) bond motifs is 1. The average Bonchev–Trinajstić information content (AvgIpc) is 2.84. The first kappa shape index (κ1) is 16.8. The van der Waals surface area contributed by atoms with Crippen LogP contribution < -0.4 is 5.69 Å². The molecular weight excluding hydrogens is 332 g/mol. The molecule has 8 heteroatoms. The van der Waals surface area contributed by atoms with Crippen molar-refractivity contribution < 1.29 is 9.53 Å². The number of piperidine rings is 1. The summed E-state index contributed by atoms with van der Waals surface area (Å²) in [6, 6.07) is 1.72. The number of aromatic nitrogens is 3. The van der Waals surface area contributed by atoms with Crippen LogP contribution in [0.15, 0.2) is 10.9 Å². The van der Waals surface area contributed by atoms with E-state index < -0.39 is 5.60 Å². The molecule has 3 rings (SSSR count). The Bertz CT molecular complexity index is 813. The Morgan fingerprint density at radius 1 is 1.33 bits per heavy atom. The third kappa shape index (κ3) is 3.56. The van der Waals surface area contributed by atoms with E-state index in [1.165, 1.54) is 0 Å². The van der Waals surface area contributed by atoms with Gasteiger partial charge in [0.05, 0.1) is 16.2 Å². The van der Waals surface area contributed by atoms with Gasteiger partial charge in [0.25, 0.3) is 0 Å². The second-order valence-electron chi connectivity index (χ2n) is 7.07. The van der Waals surface area contributed by atoms with Gasteiger partial charge in [0.1, 0.15) is 5.60 Å². The van der Waals surface area contributed by atoms with E-state index in [0.717, 1.165) is 18.5 Å². The number of halogens is 1. The summed E-state index contributed by atoms with van der Waals surface area (Å²) in [6.45, 7) is 6.76. The van der Waals surface area contributed by atoms with Crippen molar-refractivity contribution in [1.29, 1.82) is 0 Å². The summed E-state index contributed by atoms with van der Waals surface area (Å²) in [5, 5.41) is 0.536. The molecule has 1 fully saturated rings. The van der Waals surface area contributed by atoms with E-state index in [-0.39, 0.29) is 17.7 Å². The molecule has 1 saturated heterocycles. The number of hydrogen-bond donors (Lipinski definition) is 2. The molecule has 7 nitrogen and oxygen atoms in total. The summed E-state index contributed by atoms with van der Waals surface area (Å²) >= 11 is 6.33. The van der Waals surface area contributed by atoms with Crippen molar-refractivity contribution in [2.24, 2.45) is 0 Å². The molecule has 0 spiro atoms. The predicted octanol–water partition coefficient (Wildman–Crippen LogP) is 3.02. The molecule has 2 N–H and O–H groups in total. The summed E-state index contributed by atoms with van der Waals surface area (Å²) < 4.78 is 5.40. The normalized spacial score (nSPS) is 16.6. The van der Waals surface area contributed by atoms with Crippen LogP contribution in [0.3, 0.4) is 0 Å². The Labute approximate surface area is 144 Å². The smallest absolute Gasteiger partial charge is 0.410 e. The summed E-state index contributed by atoms with van der Waals surface area (Å²) in [5.74, 6) is 0.152. The molecule has 0 saturated carbocycles. The van der Waals surface area contributed by atoms with Crippen molar-refractivity contribution in [2.75, 3.05) is 13.1 Å². The van der Waals surface area contributed by atoms with E-state index in [4.69, 9.17) is 16.3 Å². The zero-order chi connectivity index (χ0) is 17.5. The van der Waals surface area contributed by atoms with Crippen LogP contribution in [0.1, 0.15) is 45.2 Å². The Balaban J connectivity index is 1.71. The Morgan fingerprint density at radius 2 is 2.00 bits per heavy atom. The van der Waals surface area contributed by atoms with Crippen molar-refractivity contribution in [3.63, 3.8) is 0 Å². The number of hydrogen-bond acceptors (Lipinski definition) is 4. The van der Waals surface area contributed by atoms with Crippen LogP contribution in [0.25, 0.3) is 11.2 Å². The summed E-state index contributed by atoms with van der Waals surface area (Å²) in [5.41, 5.74) is 1.08. The average molecular weight is 353 g/mol. The minimum absolute atomic E-state index is 0.152. The number of carbonyl (C=O) groups is 1. The van der Waals surface area contributed by atoms with Gasteiger partial charge >= 0.3 is 11.8 Å². The van der Waals surface area contributed by atoms with Gasteiger partial charge in [-0.2, -0.15) is 0 Å². The highest BCUT2D eigenvalue weighted by Gasteiger charge is 2.29. The second-order valence-corrected chi connectivity index (χ2v) is 7.48. The maximum atomic E-state index is 12.1. The number of imidazole rings is 1. The van der Waals surface area contributed by atoms with Gasteiger partial charge in [0.15, 0.2) is 5.65 Å². The highest BCUT2D eigenvalue weighted by Crippen LogP contribution is 2.33. The maximum absolute atomic E-state index is 12.1. The quantitative estimate of drug-likeness (QED) is 0.825. The molecular formula is C16H21ClN4O3. The summed E-state index contributed by atoms with van der Waals surface area (Å²) in [6.07, 6.45) is 1.23. The molecule has 24 heavy (non-hydrogen) atoms. The number of nitrogens with one attached hydrogen (secondary N) is 2. The molecule has 0 unspecified atom stereocenters. The third-order valence-corrected chi connectivity index (χ3v) is 4.32. The molecule has 3 heterocycles. The van der Waals surface area contributed by atoms with Gasteiger partial charge in [0.2, 0.25) is 0 Å². The maximum Gasteiger partial charge on any atom is 0.410 e. The lowest BCUT2D eigenvalue weighted by Gasteiger charge is -2.33. The molecule has 130 valence electrons. The zero-order valence-corrected chi connectivity index (χ0v) is 14.7. The van der Waals surface area contributed by atoms with Gasteiger partial charge in [-0.3, -0.25) is 4.98 Å². The lowest BCUT2D eigenvalue weighted by Crippen LogP contribution is -2.41. The third-order valence-electron chi connectivity index (χ3n) is 4.02. The van der Waals surface area contributed by atoms with Crippen LogP contribution in [0.4, 0.5) is 4.79 Å². The predicted molar refractivity (Wildman–Crippen MR) is 91.5 cm³/mol. The molecule has 1 aliphatic heterocycles. The van der Waals surface area contributed by atoms with Gasteiger partial charge < -0.3 is 14.6 Å². The molecule has 1 amide bonds. The van der Waals surface area contributed by atoms with E-state index >= 15 is 0 Å². The fourth-order valence-corrected chi connectivity index (χ4v) is 3.21. The zero-order valence-electron chi connectivity index (χ0n) is 14.0. The standard InChI is InChI=1S/C16H21ClN4O3/c1-16(2,3)24-15(23)21-6-4-9(5-7-21)12-10(17)8-11-13(19-12)20-14(22)18-11/h8-9H,4-7H2,1-3H3,(H2,18,19,20,22). The number of likely N-dealkylation sites (tertiary alicyclic amines) is 1. The van der Waals surface area contributed by atoms with E-state index in [2.05, 4.69) is 15.0 Å². The van der Waals surface area contributed by atoms with Crippen molar-refractivity contribution in [3.05, 3.63) is 27.3 Å². The number of pyridine rings is 1. The number of rotatable bonds is 1. The van der Waals surface area contributed by atoms with Crippen molar-refractivity contribution in [1.82, 2.24) is 19.9 Å². The Hall–Kier alpha value is -2.02. The van der Waals surface area contributed by atoms with Crippen LogP contribution in [0.5, 0.6) is 0 Å². The van der Waals surface area contributed by atoms with Gasteiger partial charge in [-0.1, -0.05) is 11.6 Å². The highest BCUT2D eigenvalue weighted by atomic mass is 35.5. The fraction of sp³-hybridized carbons (Fsp3) is 0.562. The fourth-order valence-electron chi connectivity index (χ4n) is 2.90. The summed E-state index contributed by atoms with van der Waals surface area (Å²) in [7, 11) is 0. The molecule has 0 bridgehead atoms. The lowest BCUT2D eigenvalue weighted by molar-refractivity contribution is 0.0204. The van der Waals surface area contributed by atoms with Crippen molar-refractivity contribution >= 4 is 28.9 Å². The summed E-state index contributed by atoms with van der Waals surface area (Å²) in [4.78, 5) is 35.0. The first-order valence-electron chi connectivity index (χ1n) is 7.99. The van der Waals surface area contributed by atoms with E-state index in [1.54, 1.807) is 11.0 Å². The van der Waals surface area contributed by atoms with Crippen LogP contribution in [0, 0.1) is 0 Å². The molecule has 0 aliphatic carbocycles. The van der Waals surface area contributed by atoms with Gasteiger partial charge in [-0.15, -0.1) is 0 Å². The first-order chi connectivity index (χ1) is 11.2. The van der Waals surface area contributed by atoms with Gasteiger partial charge in [-0.25, -0.2) is 14.6 Å². The number of H-pyrrole nitrogens is 2. The van der Waals surface area contributed by atoms with E-state index in [9.17, 15) is 9.59 Å². The van der Waals surface area contributed by atoms with Crippen LogP contribution >= 0.6 is 11.6 Å². The van der Waals surface area contributed by atoms with Gasteiger partial charge in [0, 0.05) is 19.0 Å². The Kier molecular flexibility index (Phi) is 4.29. The van der Waals surface area contributed by atoms with Crippen molar-refractivity contribution in [2.45, 2.75) is 45.1 Å². The molecule has 0 radical (unpaired) electrons. The highest BCUT2D eigenvalue weighted by molar-refractivity contribution is 6.31. The van der Waals surface area contributed by atoms with Crippen LogP contribution in [-0.4, -0.2) is 44.6 Å². The van der Waals surface area contributed by atoms with E-state index in [0.29, 0.717) is 29.3 Å². The van der Waals surface area contributed by atoms with Crippen LogP contribution in [-0.2, 0) is 4.74 Å². The minimum atomic E-state index is -0.496. The number of amides is 1. The lowest BCUT2D eigenvalue weighted by atomic mass is 9.93. The number of nitrogens with zero attached hydrogens (tertiary/aromatic N) is 2. The topological polar surface area (TPSA) is 91.1 Å².